The number of hydrogen-bond donors (Lipinski definition) is 0. The Morgan fingerprint density at radius 2 is 0.905 bits per heavy atom. The molecule has 0 radical (unpaired) electrons. The molecule has 42 heavy (non-hydrogen) atoms. The third-order valence-electron chi connectivity index (χ3n) is 8.13. The lowest BCUT2D eigenvalue weighted by Crippen LogP contribution is -1.92. The molecule has 6 aromatic carbocycles. The molecule has 196 valence electrons. The van der Waals surface area contributed by atoms with Crippen molar-refractivity contribution < 1.29 is 0 Å². The van der Waals surface area contributed by atoms with E-state index < -0.39 is 0 Å². The molecule has 0 spiro atoms. The predicted octanol–water partition coefficient (Wildman–Crippen LogP) is 10.6. The van der Waals surface area contributed by atoms with Gasteiger partial charge in [-0.2, -0.15) is 0 Å². The van der Waals surface area contributed by atoms with Gasteiger partial charge in [0.25, 0.3) is 0 Å². The van der Waals surface area contributed by atoms with E-state index in [4.69, 9.17) is 4.98 Å². The second-order valence-electron chi connectivity index (χ2n) is 10.7. The summed E-state index contributed by atoms with van der Waals surface area (Å²) < 4.78 is 0. The van der Waals surface area contributed by atoms with Gasteiger partial charge in [-0.25, -0.2) is 4.98 Å². The third kappa shape index (κ3) is 4.40. The van der Waals surface area contributed by atoms with Crippen LogP contribution in [-0.2, 0) is 0 Å². The van der Waals surface area contributed by atoms with Crippen LogP contribution in [0.4, 0.5) is 0 Å². The summed E-state index contributed by atoms with van der Waals surface area (Å²) in [6.45, 7) is 0. The van der Waals surface area contributed by atoms with Crippen molar-refractivity contribution in [3.05, 3.63) is 158 Å². The second-order valence-corrected chi connectivity index (χ2v) is 10.7. The fourth-order valence-corrected chi connectivity index (χ4v) is 5.91. The maximum Gasteiger partial charge on any atom is 0.0715 e. The molecule has 0 unspecified atom stereocenters. The first-order valence-corrected chi connectivity index (χ1v) is 14.2. The van der Waals surface area contributed by atoms with Gasteiger partial charge in [0.05, 0.1) is 11.4 Å². The zero-order chi connectivity index (χ0) is 27.9. The number of aromatic nitrogens is 2. The fourth-order valence-electron chi connectivity index (χ4n) is 5.91. The normalized spacial score (nSPS) is 11.3. The highest BCUT2D eigenvalue weighted by Gasteiger charge is 2.11. The molecule has 0 saturated carbocycles. The van der Waals surface area contributed by atoms with Crippen LogP contribution in [0, 0.1) is 0 Å². The summed E-state index contributed by atoms with van der Waals surface area (Å²) in [5.74, 6) is 0. The highest BCUT2D eigenvalue weighted by Crippen LogP contribution is 2.34. The number of pyridine rings is 2. The van der Waals surface area contributed by atoms with E-state index in [-0.39, 0.29) is 0 Å². The Kier molecular flexibility index (Phi) is 5.82. The molecule has 0 N–H and O–H groups in total. The molecule has 2 heteroatoms. The molecule has 0 aliphatic heterocycles. The number of benzene rings is 6. The van der Waals surface area contributed by atoms with E-state index in [0.717, 1.165) is 39.0 Å². The van der Waals surface area contributed by atoms with E-state index in [1.807, 2.05) is 12.4 Å². The monoisotopic (exact) mass is 534 g/mol. The Hall–Kier alpha value is -5.60. The van der Waals surface area contributed by atoms with Gasteiger partial charge in [-0.3, -0.25) is 4.98 Å². The van der Waals surface area contributed by atoms with Crippen molar-refractivity contribution in [3.8, 4) is 44.8 Å². The molecular weight excluding hydrogens is 508 g/mol. The first kappa shape index (κ1) is 24.2. The smallest absolute Gasteiger partial charge is 0.0715 e. The summed E-state index contributed by atoms with van der Waals surface area (Å²) in [6.07, 6.45) is 3.78. The maximum absolute atomic E-state index is 5.21. The molecule has 0 aliphatic rings. The van der Waals surface area contributed by atoms with Crippen molar-refractivity contribution >= 4 is 32.3 Å². The van der Waals surface area contributed by atoms with Crippen molar-refractivity contribution in [2.45, 2.75) is 0 Å². The molecule has 2 aromatic heterocycles. The molecular formula is C40H26N2. The van der Waals surface area contributed by atoms with E-state index in [2.05, 4.69) is 151 Å². The number of hydrogen-bond acceptors (Lipinski definition) is 2. The second kappa shape index (κ2) is 10.1. The highest BCUT2D eigenvalue weighted by atomic mass is 14.7. The Bertz CT molecular complexity index is 2140. The molecule has 0 amide bonds. The lowest BCUT2D eigenvalue weighted by Gasteiger charge is -2.12. The molecule has 0 saturated heterocycles. The van der Waals surface area contributed by atoms with Gasteiger partial charge in [0.15, 0.2) is 0 Å². The van der Waals surface area contributed by atoms with Crippen LogP contribution < -0.4 is 0 Å². The predicted molar refractivity (Wildman–Crippen MR) is 176 cm³/mol. The van der Waals surface area contributed by atoms with E-state index in [1.165, 1.54) is 38.1 Å². The van der Waals surface area contributed by atoms with Gasteiger partial charge >= 0.3 is 0 Å². The quantitative estimate of drug-likeness (QED) is 0.224. The molecule has 8 aromatic rings. The van der Waals surface area contributed by atoms with E-state index in [0.29, 0.717) is 0 Å². The number of rotatable bonds is 4. The van der Waals surface area contributed by atoms with Crippen LogP contribution >= 0.6 is 0 Å². The summed E-state index contributed by atoms with van der Waals surface area (Å²) in [5, 5.41) is 7.24. The Balaban J connectivity index is 1.27. The molecule has 0 fully saturated rings. The van der Waals surface area contributed by atoms with Crippen LogP contribution in [0.25, 0.3) is 77.1 Å². The maximum atomic E-state index is 5.21. The van der Waals surface area contributed by atoms with Crippen LogP contribution in [0.15, 0.2) is 158 Å². The lowest BCUT2D eigenvalue weighted by atomic mass is 9.95. The summed E-state index contributed by atoms with van der Waals surface area (Å²) in [4.78, 5) is 9.50. The topological polar surface area (TPSA) is 25.8 Å². The summed E-state index contributed by atoms with van der Waals surface area (Å²) in [5.41, 5.74) is 8.85. The van der Waals surface area contributed by atoms with Crippen molar-refractivity contribution in [2.75, 3.05) is 0 Å². The van der Waals surface area contributed by atoms with Crippen molar-refractivity contribution in [1.29, 1.82) is 0 Å². The van der Waals surface area contributed by atoms with Crippen LogP contribution in [-0.4, -0.2) is 9.97 Å². The molecule has 0 bridgehead atoms. The third-order valence-corrected chi connectivity index (χ3v) is 8.13. The molecule has 0 aliphatic carbocycles. The molecule has 2 heterocycles. The van der Waals surface area contributed by atoms with Crippen molar-refractivity contribution in [3.63, 3.8) is 0 Å². The minimum absolute atomic E-state index is 0.965. The number of nitrogens with zero attached hydrogens (tertiary/aromatic N) is 2. The molecule has 8 rings (SSSR count). The SMILES string of the molecule is c1ccc2cc(-c3cc(-c4ccc(-c5cccc6cnccc56)cc4)cc(-c4ccc5ccccc5c4)n3)ccc2c1. The zero-order valence-corrected chi connectivity index (χ0v) is 22.9. The summed E-state index contributed by atoms with van der Waals surface area (Å²) in [6, 6.07) is 52.0. The summed E-state index contributed by atoms with van der Waals surface area (Å²) >= 11 is 0. The average Bonchev–Trinajstić information content (AvgIpc) is 3.07. The van der Waals surface area contributed by atoms with Crippen molar-refractivity contribution in [2.24, 2.45) is 0 Å². The molecule has 0 atom stereocenters. The van der Waals surface area contributed by atoms with Crippen LogP contribution in [0.2, 0.25) is 0 Å². The van der Waals surface area contributed by atoms with Gasteiger partial charge < -0.3 is 0 Å². The van der Waals surface area contributed by atoms with E-state index >= 15 is 0 Å². The summed E-state index contributed by atoms with van der Waals surface area (Å²) in [7, 11) is 0. The van der Waals surface area contributed by atoms with Gasteiger partial charge in [-0.1, -0.05) is 115 Å². The van der Waals surface area contributed by atoms with Crippen LogP contribution in [0.1, 0.15) is 0 Å². The minimum Gasteiger partial charge on any atom is -0.264 e. The van der Waals surface area contributed by atoms with Gasteiger partial charge in [0.2, 0.25) is 0 Å². The Labute approximate surface area is 244 Å². The van der Waals surface area contributed by atoms with Crippen LogP contribution in [0.3, 0.4) is 0 Å². The van der Waals surface area contributed by atoms with E-state index in [9.17, 15) is 0 Å². The zero-order valence-electron chi connectivity index (χ0n) is 22.9. The van der Waals surface area contributed by atoms with Gasteiger partial charge in [-0.05, 0) is 79.5 Å². The first-order chi connectivity index (χ1) is 20.8. The van der Waals surface area contributed by atoms with Crippen molar-refractivity contribution in [1.82, 2.24) is 9.97 Å². The van der Waals surface area contributed by atoms with Gasteiger partial charge in [0.1, 0.15) is 0 Å². The lowest BCUT2D eigenvalue weighted by molar-refractivity contribution is 1.33. The Morgan fingerprint density at radius 1 is 0.357 bits per heavy atom. The minimum atomic E-state index is 0.965. The average molecular weight is 535 g/mol. The van der Waals surface area contributed by atoms with Gasteiger partial charge in [0, 0.05) is 28.9 Å². The largest absolute Gasteiger partial charge is 0.264 e. The highest BCUT2D eigenvalue weighted by molar-refractivity contribution is 5.96. The number of fused-ring (bicyclic) bond motifs is 3. The Morgan fingerprint density at radius 3 is 1.55 bits per heavy atom. The van der Waals surface area contributed by atoms with E-state index in [1.54, 1.807) is 0 Å². The molecule has 2 nitrogen and oxygen atoms in total. The fraction of sp³-hybridized carbons (Fsp3) is 0. The first-order valence-electron chi connectivity index (χ1n) is 14.2. The van der Waals surface area contributed by atoms with Crippen LogP contribution in [0.5, 0.6) is 0 Å². The standard InChI is InChI=1S/C40H26N2/c1-3-8-31-22-33(18-14-27(31)6-1)39-24-36(25-40(42-39)34-19-15-28-7-2-4-9-32(28)23-34)29-12-16-30(17-13-29)37-11-5-10-35-26-41-21-20-38(35)37/h1-26H. The van der Waals surface area contributed by atoms with Gasteiger partial charge in [-0.15, -0.1) is 0 Å².